The monoisotopic (exact) mass is 337 g/mol. The van der Waals surface area contributed by atoms with Gasteiger partial charge in [-0.05, 0) is 31.4 Å². The van der Waals surface area contributed by atoms with Gasteiger partial charge >= 0.3 is 0 Å². The quantitative estimate of drug-likeness (QED) is 0.664. The summed E-state index contributed by atoms with van der Waals surface area (Å²) < 4.78 is 0. The zero-order chi connectivity index (χ0) is 17.0. The maximum atomic E-state index is 12.2. The van der Waals surface area contributed by atoms with Gasteiger partial charge in [0, 0.05) is 24.9 Å². The van der Waals surface area contributed by atoms with E-state index in [2.05, 4.69) is 16.0 Å². The number of aryl methyl sites for hydroxylation is 1. The second-order valence-corrected chi connectivity index (χ2v) is 7.14. The summed E-state index contributed by atoms with van der Waals surface area (Å²) in [5.41, 5.74) is 0.838. The van der Waals surface area contributed by atoms with Gasteiger partial charge in [-0.15, -0.1) is 11.3 Å². The van der Waals surface area contributed by atoms with Crippen molar-refractivity contribution in [2.45, 2.75) is 33.6 Å². The van der Waals surface area contributed by atoms with Crippen molar-refractivity contribution in [3.63, 3.8) is 0 Å². The van der Waals surface area contributed by atoms with Gasteiger partial charge in [0.15, 0.2) is 0 Å². The number of carbonyl (C=O) groups excluding carboxylic acids is 3. The van der Waals surface area contributed by atoms with Crippen LogP contribution in [0.1, 0.15) is 41.9 Å². The summed E-state index contributed by atoms with van der Waals surface area (Å²) in [4.78, 5) is 35.9. The molecule has 1 aromatic heterocycles. The van der Waals surface area contributed by atoms with E-state index in [0.29, 0.717) is 23.0 Å². The van der Waals surface area contributed by atoms with E-state index in [-0.39, 0.29) is 29.6 Å². The lowest BCUT2D eigenvalue weighted by molar-refractivity contribution is -0.124. The van der Waals surface area contributed by atoms with Crippen molar-refractivity contribution < 1.29 is 14.4 Å². The molecule has 1 saturated carbocycles. The number of nitrogens with one attached hydrogen (secondary N) is 3. The molecule has 1 fully saturated rings. The number of anilines is 1. The fraction of sp³-hybridized carbons (Fsp3) is 0.562. The first-order valence-electron chi connectivity index (χ1n) is 7.85. The fourth-order valence-corrected chi connectivity index (χ4v) is 2.98. The number of hydrogen-bond donors (Lipinski definition) is 3. The van der Waals surface area contributed by atoms with Gasteiger partial charge in [0.25, 0.3) is 5.91 Å². The lowest BCUT2D eigenvalue weighted by Crippen LogP contribution is -2.36. The van der Waals surface area contributed by atoms with Crippen LogP contribution < -0.4 is 16.0 Å². The highest BCUT2D eigenvalue weighted by Crippen LogP contribution is 2.32. The Balaban J connectivity index is 1.81. The van der Waals surface area contributed by atoms with Gasteiger partial charge in [-0.1, -0.05) is 13.8 Å². The Hall–Kier alpha value is -1.89. The van der Waals surface area contributed by atoms with E-state index >= 15 is 0 Å². The van der Waals surface area contributed by atoms with E-state index in [1.807, 2.05) is 26.8 Å². The second kappa shape index (κ2) is 7.59. The molecular formula is C16H23N3O3S. The van der Waals surface area contributed by atoms with Crippen LogP contribution in [0.4, 0.5) is 5.00 Å². The van der Waals surface area contributed by atoms with Crippen LogP contribution in [-0.4, -0.2) is 30.8 Å². The Bertz CT molecular complexity index is 606. The normalized spacial score (nSPS) is 13.7. The maximum absolute atomic E-state index is 12.2. The van der Waals surface area contributed by atoms with Gasteiger partial charge in [0.05, 0.1) is 9.88 Å². The Morgan fingerprint density at radius 2 is 1.87 bits per heavy atom. The van der Waals surface area contributed by atoms with E-state index in [1.54, 1.807) is 0 Å². The molecule has 0 aromatic carbocycles. The van der Waals surface area contributed by atoms with Crippen molar-refractivity contribution >= 4 is 34.1 Å². The molecule has 0 atom stereocenters. The molecule has 0 bridgehead atoms. The lowest BCUT2D eigenvalue weighted by atomic mass is 10.2. The highest BCUT2D eigenvalue weighted by Gasteiger charge is 2.30. The molecule has 0 saturated heterocycles. The van der Waals surface area contributed by atoms with Crippen molar-refractivity contribution in [3.8, 4) is 0 Å². The Morgan fingerprint density at radius 3 is 2.48 bits per heavy atom. The van der Waals surface area contributed by atoms with Gasteiger partial charge in [0.2, 0.25) is 11.8 Å². The van der Waals surface area contributed by atoms with Crippen molar-refractivity contribution in [2.75, 3.05) is 18.4 Å². The summed E-state index contributed by atoms with van der Waals surface area (Å²) in [6, 6.07) is 1.82. The number of thiophene rings is 1. The van der Waals surface area contributed by atoms with E-state index in [0.717, 1.165) is 18.4 Å². The van der Waals surface area contributed by atoms with Crippen molar-refractivity contribution in [3.05, 3.63) is 16.5 Å². The van der Waals surface area contributed by atoms with Crippen LogP contribution in [0.25, 0.3) is 0 Å². The molecule has 0 unspecified atom stereocenters. The average Bonchev–Trinajstić information content (AvgIpc) is 3.27. The summed E-state index contributed by atoms with van der Waals surface area (Å²) in [6.07, 6.45) is 1.90. The number of hydrogen-bond acceptors (Lipinski definition) is 4. The summed E-state index contributed by atoms with van der Waals surface area (Å²) in [6.45, 7) is 6.26. The SMILES string of the molecule is Cc1cc(NC(=O)C2CC2)sc1C(=O)NCCNC(=O)C(C)C. The third-order valence-electron chi connectivity index (χ3n) is 3.55. The smallest absolute Gasteiger partial charge is 0.261 e. The molecule has 0 aliphatic heterocycles. The Labute approximate surface area is 140 Å². The third-order valence-corrected chi connectivity index (χ3v) is 4.70. The standard InChI is InChI=1S/C16H23N3O3S/c1-9(2)14(20)17-6-7-18-16(22)13-10(3)8-12(23-13)19-15(21)11-4-5-11/h8-9,11H,4-7H2,1-3H3,(H,17,20)(H,18,22)(H,19,21). The zero-order valence-corrected chi connectivity index (χ0v) is 14.5. The molecule has 1 heterocycles. The number of carbonyl (C=O) groups is 3. The van der Waals surface area contributed by atoms with Gasteiger partial charge < -0.3 is 16.0 Å². The molecule has 126 valence electrons. The highest BCUT2D eigenvalue weighted by molar-refractivity contribution is 7.18. The van der Waals surface area contributed by atoms with Crippen LogP contribution in [0.3, 0.4) is 0 Å². The van der Waals surface area contributed by atoms with Crippen LogP contribution in [0.2, 0.25) is 0 Å². The molecule has 0 spiro atoms. The summed E-state index contributed by atoms with van der Waals surface area (Å²) in [7, 11) is 0. The van der Waals surface area contributed by atoms with Crippen molar-refractivity contribution in [2.24, 2.45) is 11.8 Å². The fourth-order valence-electron chi connectivity index (χ4n) is 1.98. The highest BCUT2D eigenvalue weighted by atomic mass is 32.1. The largest absolute Gasteiger partial charge is 0.354 e. The van der Waals surface area contributed by atoms with Gasteiger partial charge in [-0.3, -0.25) is 14.4 Å². The van der Waals surface area contributed by atoms with Crippen molar-refractivity contribution in [1.82, 2.24) is 10.6 Å². The van der Waals surface area contributed by atoms with Crippen LogP contribution in [0.5, 0.6) is 0 Å². The van der Waals surface area contributed by atoms with E-state index in [9.17, 15) is 14.4 Å². The molecule has 1 aliphatic carbocycles. The zero-order valence-electron chi connectivity index (χ0n) is 13.7. The predicted octanol–water partition coefficient (Wildman–Crippen LogP) is 1.91. The first kappa shape index (κ1) is 17.5. The van der Waals surface area contributed by atoms with Gasteiger partial charge in [-0.25, -0.2) is 0 Å². The molecule has 2 rings (SSSR count). The number of rotatable bonds is 7. The van der Waals surface area contributed by atoms with Crippen LogP contribution in [0, 0.1) is 18.8 Å². The molecule has 6 nitrogen and oxygen atoms in total. The topological polar surface area (TPSA) is 87.3 Å². The van der Waals surface area contributed by atoms with Crippen LogP contribution >= 0.6 is 11.3 Å². The van der Waals surface area contributed by atoms with Gasteiger partial charge in [-0.2, -0.15) is 0 Å². The molecular weight excluding hydrogens is 314 g/mol. The van der Waals surface area contributed by atoms with E-state index in [1.165, 1.54) is 11.3 Å². The first-order chi connectivity index (χ1) is 10.9. The van der Waals surface area contributed by atoms with E-state index in [4.69, 9.17) is 0 Å². The summed E-state index contributed by atoms with van der Waals surface area (Å²) >= 11 is 1.28. The van der Waals surface area contributed by atoms with Crippen LogP contribution in [-0.2, 0) is 9.59 Å². The predicted molar refractivity (Wildman–Crippen MR) is 90.6 cm³/mol. The molecule has 1 aliphatic rings. The molecule has 1 aromatic rings. The van der Waals surface area contributed by atoms with Crippen molar-refractivity contribution in [1.29, 1.82) is 0 Å². The Morgan fingerprint density at radius 1 is 1.22 bits per heavy atom. The Kier molecular flexibility index (Phi) is 5.76. The minimum absolute atomic E-state index is 0.0309. The van der Waals surface area contributed by atoms with Crippen LogP contribution in [0.15, 0.2) is 6.07 Å². The summed E-state index contributed by atoms with van der Waals surface area (Å²) in [5.74, 6) is -0.105. The third kappa shape index (κ3) is 5.06. The van der Waals surface area contributed by atoms with Gasteiger partial charge in [0.1, 0.15) is 0 Å². The minimum Gasteiger partial charge on any atom is -0.354 e. The molecule has 3 N–H and O–H groups in total. The molecule has 0 radical (unpaired) electrons. The number of amides is 3. The molecule has 23 heavy (non-hydrogen) atoms. The minimum atomic E-state index is -0.182. The van der Waals surface area contributed by atoms with E-state index < -0.39 is 0 Å². The summed E-state index contributed by atoms with van der Waals surface area (Å²) in [5, 5.41) is 9.09. The second-order valence-electron chi connectivity index (χ2n) is 6.09. The lowest BCUT2D eigenvalue weighted by Gasteiger charge is -2.08. The molecule has 7 heteroatoms. The maximum Gasteiger partial charge on any atom is 0.261 e. The average molecular weight is 337 g/mol. The first-order valence-corrected chi connectivity index (χ1v) is 8.67. The molecule has 3 amide bonds.